The van der Waals surface area contributed by atoms with Crippen molar-refractivity contribution >= 4 is 23.7 Å². The second-order valence-electron chi connectivity index (χ2n) is 5.19. The third-order valence-electron chi connectivity index (χ3n) is 3.43. The predicted molar refractivity (Wildman–Crippen MR) is 89.8 cm³/mol. The van der Waals surface area contributed by atoms with Crippen LogP contribution in [-0.4, -0.2) is 28.1 Å². The lowest BCUT2D eigenvalue weighted by atomic mass is 10.2. The summed E-state index contributed by atoms with van der Waals surface area (Å²) in [5.41, 5.74) is 2.70. The highest BCUT2D eigenvalue weighted by Crippen LogP contribution is 2.16. The number of rotatable bonds is 5. The van der Waals surface area contributed by atoms with E-state index in [1.165, 1.54) is 6.08 Å². The van der Waals surface area contributed by atoms with Gasteiger partial charge in [-0.05, 0) is 25.5 Å². The van der Waals surface area contributed by atoms with Crippen LogP contribution in [0.2, 0.25) is 0 Å². The molecule has 0 radical (unpaired) electrons. The lowest BCUT2D eigenvalue weighted by Gasteiger charge is -2.07. The second-order valence-corrected chi connectivity index (χ2v) is 5.19. The molecule has 2 N–H and O–H groups in total. The summed E-state index contributed by atoms with van der Waals surface area (Å²) in [6.45, 7) is 3.67. The minimum atomic E-state index is -0.318. The van der Waals surface area contributed by atoms with E-state index >= 15 is 0 Å². The normalized spacial score (nSPS) is 10.7. The quantitative estimate of drug-likeness (QED) is 0.827. The van der Waals surface area contributed by atoms with Gasteiger partial charge in [-0.3, -0.25) is 14.3 Å². The number of aromatic nitrogens is 2. The lowest BCUT2D eigenvalue weighted by molar-refractivity contribution is -0.121. The zero-order valence-electron chi connectivity index (χ0n) is 13.5. The van der Waals surface area contributed by atoms with E-state index in [9.17, 15) is 9.59 Å². The SMILES string of the molecule is Cc1nn(C)c(NC(=O)CNC(=O)/C=C/c2ccccc2)c1C. The Balaban J connectivity index is 1.84. The first-order valence-corrected chi connectivity index (χ1v) is 7.28. The second kappa shape index (κ2) is 7.40. The molecule has 23 heavy (non-hydrogen) atoms. The van der Waals surface area contributed by atoms with E-state index in [4.69, 9.17) is 0 Å². The molecular formula is C17H20N4O2. The molecule has 2 aromatic rings. The van der Waals surface area contributed by atoms with E-state index in [1.807, 2.05) is 44.2 Å². The van der Waals surface area contributed by atoms with Crippen LogP contribution in [0.3, 0.4) is 0 Å². The molecule has 0 aliphatic heterocycles. The van der Waals surface area contributed by atoms with Gasteiger partial charge in [0.25, 0.3) is 0 Å². The first-order chi connectivity index (χ1) is 11.0. The van der Waals surface area contributed by atoms with Gasteiger partial charge in [-0.15, -0.1) is 0 Å². The van der Waals surface area contributed by atoms with Crippen molar-refractivity contribution in [3.8, 4) is 0 Å². The Kier molecular flexibility index (Phi) is 5.30. The fourth-order valence-electron chi connectivity index (χ4n) is 2.08. The van der Waals surface area contributed by atoms with Gasteiger partial charge in [-0.1, -0.05) is 30.3 Å². The Morgan fingerprint density at radius 2 is 1.91 bits per heavy atom. The van der Waals surface area contributed by atoms with Gasteiger partial charge < -0.3 is 10.6 Å². The van der Waals surface area contributed by atoms with Crippen molar-refractivity contribution < 1.29 is 9.59 Å². The maximum atomic E-state index is 11.9. The number of carbonyl (C=O) groups excluding carboxylic acids is 2. The smallest absolute Gasteiger partial charge is 0.244 e. The number of amides is 2. The number of anilines is 1. The van der Waals surface area contributed by atoms with Crippen molar-refractivity contribution in [1.29, 1.82) is 0 Å². The average Bonchev–Trinajstić information content (AvgIpc) is 2.78. The van der Waals surface area contributed by atoms with Crippen LogP contribution >= 0.6 is 0 Å². The van der Waals surface area contributed by atoms with Gasteiger partial charge in [-0.25, -0.2) is 0 Å². The molecule has 0 atom stereocenters. The number of carbonyl (C=O) groups is 2. The molecule has 0 aliphatic rings. The van der Waals surface area contributed by atoms with E-state index in [0.29, 0.717) is 5.82 Å². The Morgan fingerprint density at radius 1 is 1.22 bits per heavy atom. The first-order valence-electron chi connectivity index (χ1n) is 7.28. The molecule has 1 aromatic heterocycles. The van der Waals surface area contributed by atoms with Crippen molar-refractivity contribution in [2.45, 2.75) is 13.8 Å². The molecule has 6 nitrogen and oxygen atoms in total. The number of aryl methyl sites for hydroxylation is 2. The molecule has 0 unspecified atom stereocenters. The summed E-state index contributed by atoms with van der Waals surface area (Å²) in [5.74, 6) is 0.0287. The topological polar surface area (TPSA) is 76.0 Å². The Labute approximate surface area is 135 Å². The van der Waals surface area contributed by atoms with Gasteiger partial charge in [0.05, 0.1) is 12.2 Å². The number of hydrogen-bond acceptors (Lipinski definition) is 3. The van der Waals surface area contributed by atoms with Crippen LogP contribution < -0.4 is 10.6 Å². The highest BCUT2D eigenvalue weighted by molar-refractivity contribution is 5.97. The van der Waals surface area contributed by atoms with Crippen molar-refractivity contribution in [2.24, 2.45) is 7.05 Å². The Bertz CT molecular complexity index is 733. The van der Waals surface area contributed by atoms with Crippen LogP contribution in [-0.2, 0) is 16.6 Å². The highest BCUT2D eigenvalue weighted by atomic mass is 16.2. The predicted octanol–water partition coefficient (Wildman–Crippen LogP) is 1.81. The van der Waals surface area contributed by atoms with Gasteiger partial charge in [0.1, 0.15) is 5.82 Å². The zero-order valence-corrected chi connectivity index (χ0v) is 13.5. The van der Waals surface area contributed by atoms with Crippen LogP contribution in [0.4, 0.5) is 5.82 Å². The molecule has 2 rings (SSSR count). The van der Waals surface area contributed by atoms with Crippen LogP contribution in [0.15, 0.2) is 36.4 Å². The summed E-state index contributed by atoms with van der Waals surface area (Å²) in [5, 5.41) is 9.53. The Morgan fingerprint density at radius 3 is 2.52 bits per heavy atom. The maximum Gasteiger partial charge on any atom is 0.244 e. The number of benzene rings is 1. The zero-order chi connectivity index (χ0) is 16.8. The molecule has 6 heteroatoms. The number of hydrogen-bond donors (Lipinski definition) is 2. The van der Waals surface area contributed by atoms with E-state index in [2.05, 4.69) is 15.7 Å². The summed E-state index contributed by atoms with van der Waals surface area (Å²) in [6, 6.07) is 9.48. The third kappa shape index (κ3) is 4.54. The van der Waals surface area contributed by atoms with E-state index in [1.54, 1.807) is 17.8 Å². The molecule has 2 amide bonds. The summed E-state index contributed by atoms with van der Waals surface area (Å²) >= 11 is 0. The molecule has 0 saturated carbocycles. The van der Waals surface area contributed by atoms with Gasteiger partial charge in [0, 0.05) is 18.7 Å². The molecule has 0 saturated heterocycles. The van der Waals surface area contributed by atoms with Crippen molar-refractivity contribution in [3.05, 3.63) is 53.2 Å². The van der Waals surface area contributed by atoms with Crippen LogP contribution in [0.1, 0.15) is 16.8 Å². The van der Waals surface area contributed by atoms with Crippen LogP contribution in [0, 0.1) is 13.8 Å². The van der Waals surface area contributed by atoms with Gasteiger partial charge >= 0.3 is 0 Å². The molecular weight excluding hydrogens is 292 g/mol. The lowest BCUT2D eigenvalue weighted by Crippen LogP contribution is -2.32. The van der Waals surface area contributed by atoms with E-state index in [-0.39, 0.29) is 18.4 Å². The number of nitrogens with zero attached hydrogens (tertiary/aromatic N) is 2. The maximum absolute atomic E-state index is 11.9. The van der Waals surface area contributed by atoms with Crippen LogP contribution in [0.25, 0.3) is 6.08 Å². The highest BCUT2D eigenvalue weighted by Gasteiger charge is 2.12. The summed E-state index contributed by atoms with van der Waals surface area (Å²) in [7, 11) is 1.76. The standard InChI is InChI=1S/C17H20N4O2/c1-12-13(2)20-21(3)17(12)19-16(23)11-18-15(22)10-9-14-7-5-4-6-8-14/h4-10H,11H2,1-3H3,(H,18,22)(H,19,23)/b10-9+. The number of nitrogens with one attached hydrogen (secondary N) is 2. The van der Waals surface area contributed by atoms with Crippen LogP contribution in [0.5, 0.6) is 0 Å². The molecule has 1 heterocycles. The van der Waals surface area contributed by atoms with E-state index in [0.717, 1.165) is 16.8 Å². The monoisotopic (exact) mass is 312 g/mol. The van der Waals surface area contributed by atoms with Gasteiger partial charge in [-0.2, -0.15) is 5.10 Å². The van der Waals surface area contributed by atoms with Gasteiger partial charge in [0.2, 0.25) is 11.8 Å². The molecule has 0 aliphatic carbocycles. The summed E-state index contributed by atoms with van der Waals surface area (Å²) < 4.78 is 1.61. The van der Waals surface area contributed by atoms with Crippen molar-refractivity contribution in [2.75, 3.05) is 11.9 Å². The fourth-order valence-corrected chi connectivity index (χ4v) is 2.08. The van der Waals surface area contributed by atoms with Crippen molar-refractivity contribution in [3.63, 3.8) is 0 Å². The fraction of sp³-hybridized carbons (Fsp3) is 0.235. The largest absolute Gasteiger partial charge is 0.343 e. The molecule has 1 aromatic carbocycles. The third-order valence-corrected chi connectivity index (χ3v) is 3.43. The average molecular weight is 312 g/mol. The van der Waals surface area contributed by atoms with Crippen molar-refractivity contribution in [1.82, 2.24) is 15.1 Å². The molecule has 120 valence electrons. The first kappa shape index (κ1) is 16.5. The molecule has 0 bridgehead atoms. The van der Waals surface area contributed by atoms with Gasteiger partial charge in [0.15, 0.2) is 0 Å². The minimum Gasteiger partial charge on any atom is -0.343 e. The summed E-state index contributed by atoms with van der Waals surface area (Å²) in [4.78, 5) is 23.6. The molecule has 0 fully saturated rings. The molecule has 0 spiro atoms. The summed E-state index contributed by atoms with van der Waals surface area (Å²) in [6.07, 6.45) is 3.10. The Hall–Kier alpha value is -2.89. The van der Waals surface area contributed by atoms with E-state index < -0.39 is 0 Å². The minimum absolute atomic E-state index is 0.0956.